The zero-order valence-corrected chi connectivity index (χ0v) is 10.8. The number of rotatable bonds is 4. The summed E-state index contributed by atoms with van der Waals surface area (Å²) < 4.78 is 3.12. The molecule has 0 aromatic carbocycles. The highest BCUT2D eigenvalue weighted by Gasteiger charge is 2.03. The molecule has 0 aliphatic rings. The van der Waals surface area contributed by atoms with E-state index in [-0.39, 0.29) is 11.6 Å². The molecule has 0 amide bonds. The van der Waals surface area contributed by atoms with Gasteiger partial charge in [-0.3, -0.25) is 9.48 Å². The van der Waals surface area contributed by atoms with Gasteiger partial charge in [0, 0.05) is 30.9 Å². The Morgan fingerprint density at radius 2 is 2.11 bits per heavy atom. The Labute approximate surface area is 105 Å². The summed E-state index contributed by atoms with van der Waals surface area (Å²) in [6, 6.07) is 1.84. The maximum Gasteiger partial charge on any atom is 0.269 e. The van der Waals surface area contributed by atoms with Crippen molar-refractivity contribution in [3.8, 4) is 0 Å². The standard InChI is InChI=1S/C12H17N5O/c1-9(2)15-11-4-12(18)17(14-6-11)8-10-5-13-16(3)7-10/h4-7,9,15H,8H2,1-3H3. The molecule has 0 unspecified atom stereocenters. The number of anilines is 1. The third-order valence-electron chi connectivity index (χ3n) is 2.42. The average molecular weight is 247 g/mol. The Kier molecular flexibility index (Phi) is 3.45. The van der Waals surface area contributed by atoms with Crippen LogP contribution in [-0.2, 0) is 13.6 Å². The second-order valence-electron chi connectivity index (χ2n) is 4.56. The SMILES string of the molecule is CC(C)Nc1cnn(Cc2cnn(C)c2)c(=O)c1. The molecule has 0 bridgehead atoms. The van der Waals surface area contributed by atoms with Crippen molar-refractivity contribution in [1.29, 1.82) is 0 Å². The monoisotopic (exact) mass is 247 g/mol. The number of hydrogen-bond acceptors (Lipinski definition) is 4. The van der Waals surface area contributed by atoms with Gasteiger partial charge >= 0.3 is 0 Å². The minimum atomic E-state index is -0.121. The zero-order valence-electron chi connectivity index (χ0n) is 10.8. The summed E-state index contributed by atoms with van der Waals surface area (Å²) >= 11 is 0. The molecular formula is C12H17N5O. The van der Waals surface area contributed by atoms with Gasteiger partial charge in [-0.2, -0.15) is 10.2 Å². The van der Waals surface area contributed by atoms with Crippen LogP contribution in [0.15, 0.2) is 29.5 Å². The molecule has 2 heterocycles. The number of aromatic nitrogens is 4. The summed E-state index contributed by atoms with van der Waals surface area (Å²) in [6.07, 6.45) is 5.26. The molecule has 2 aromatic heterocycles. The van der Waals surface area contributed by atoms with E-state index in [0.29, 0.717) is 6.54 Å². The molecule has 2 rings (SSSR count). The molecule has 0 saturated carbocycles. The predicted molar refractivity (Wildman–Crippen MR) is 69.6 cm³/mol. The van der Waals surface area contributed by atoms with E-state index in [9.17, 15) is 4.79 Å². The highest BCUT2D eigenvalue weighted by Crippen LogP contribution is 2.03. The van der Waals surface area contributed by atoms with Crippen molar-refractivity contribution in [2.24, 2.45) is 7.05 Å². The van der Waals surface area contributed by atoms with Gasteiger partial charge in [0.25, 0.3) is 5.56 Å². The van der Waals surface area contributed by atoms with Crippen molar-refractivity contribution in [2.75, 3.05) is 5.32 Å². The maximum absolute atomic E-state index is 11.9. The summed E-state index contributed by atoms with van der Waals surface area (Å²) in [5, 5.41) is 11.3. The number of hydrogen-bond donors (Lipinski definition) is 1. The number of nitrogens with zero attached hydrogens (tertiary/aromatic N) is 4. The summed E-state index contributed by atoms with van der Waals surface area (Å²) in [5.74, 6) is 0. The first kappa shape index (κ1) is 12.3. The van der Waals surface area contributed by atoms with Gasteiger partial charge in [0.1, 0.15) is 0 Å². The second-order valence-corrected chi connectivity index (χ2v) is 4.56. The van der Waals surface area contributed by atoms with Crippen molar-refractivity contribution in [3.05, 3.63) is 40.6 Å². The van der Waals surface area contributed by atoms with Crippen LogP contribution in [0.25, 0.3) is 0 Å². The molecule has 2 aromatic rings. The average Bonchev–Trinajstić information content (AvgIpc) is 2.67. The first-order valence-corrected chi connectivity index (χ1v) is 5.86. The first-order chi connectivity index (χ1) is 8.54. The Bertz CT molecular complexity index is 584. The largest absolute Gasteiger partial charge is 0.381 e. The second kappa shape index (κ2) is 5.03. The van der Waals surface area contributed by atoms with E-state index in [1.807, 2.05) is 27.1 Å². The van der Waals surface area contributed by atoms with Crippen molar-refractivity contribution in [3.63, 3.8) is 0 Å². The molecule has 0 saturated heterocycles. The Hall–Kier alpha value is -2.11. The fraction of sp³-hybridized carbons (Fsp3) is 0.417. The van der Waals surface area contributed by atoms with Gasteiger partial charge in [0.2, 0.25) is 0 Å². The lowest BCUT2D eigenvalue weighted by molar-refractivity contribution is 0.638. The highest BCUT2D eigenvalue weighted by molar-refractivity contribution is 5.39. The zero-order chi connectivity index (χ0) is 13.1. The van der Waals surface area contributed by atoms with Crippen LogP contribution in [-0.4, -0.2) is 25.6 Å². The molecule has 0 atom stereocenters. The molecule has 6 heteroatoms. The van der Waals surface area contributed by atoms with E-state index in [1.165, 1.54) is 4.68 Å². The van der Waals surface area contributed by atoms with E-state index in [1.54, 1.807) is 23.1 Å². The third-order valence-corrected chi connectivity index (χ3v) is 2.42. The van der Waals surface area contributed by atoms with Crippen molar-refractivity contribution < 1.29 is 0 Å². The molecule has 0 aliphatic carbocycles. The maximum atomic E-state index is 11.9. The van der Waals surface area contributed by atoms with E-state index < -0.39 is 0 Å². The molecule has 0 fully saturated rings. The molecule has 18 heavy (non-hydrogen) atoms. The highest BCUT2D eigenvalue weighted by atomic mass is 16.1. The van der Waals surface area contributed by atoms with Crippen LogP contribution in [0.2, 0.25) is 0 Å². The molecular weight excluding hydrogens is 230 g/mol. The molecule has 0 spiro atoms. The molecule has 1 N–H and O–H groups in total. The van der Waals surface area contributed by atoms with Crippen LogP contribution >= 0.6 is 0 Å². The topological polar surface area (TPSA) is 64.7 Å². The van der Waals surface area contributed by atoms with Crippen LogP contribution in [0.1, 0.15) is 19.4 Å². The summed E-state index contributed by atoms with van der Waals surface area (Å²) in [4.78, 5) is 11.9. The van der Waals surface area contributed by atoms with Crippen molar-refractivity contribution >= 4 is 5.69 Å². The minimum absolute atomic E-state index is 0.121. The van der Waals surface area contributed by atoms with Crippen molar-refractivity contribution in [1.82, 2.24) is 19.6 Å². The molecule has 0 radical (unpaired) electrons. The lowest BCUT2D eigenvalue weighted by Gasteiger charge is -2.09. The van der Waals surface area contributed by atoms with Gasteiger partial charge in [0.05, 0.1) is 24.6 Å². The Balaban J connectivity index is 2.17. The van der Waals surface area contributed by atoms with E-state index in [4.69, 9.17) is 0 Å². The van der Waals surface area contributed by atoms with Crippen LogP contribution in [0.3, 0.4) is 0 Å². The number of aryl methyl sites for hydroxylation is 1. The summed E-state index contributed by atoms with van der Waals surface area (Å²) in [6.45, 7) is 4.47. The van der Waals surface area contributed by atoms with Gasteiger partial charge in [-0.25, -0.2) is 4.68 Å². The van der Waals surface area contributed by atoms with Gasteiger partial charge in [-0.15, -0.1) is 0 Å². The first-order valence-electron chi connectivity index (χ1n) is 5.86. The van der Waals surface area contributed by atoms with Gasteiger partial charge in [0.15, 0.2) is 0 Å². The van der Waals surface area contributed by atoms with Crippen LogP contribution in [0.5, 0.6) is 0 Å². The lowest BCUT2D eigenvalue weighted by Crippen LogP contribution is -2.24. The van der Waals surface area contributed by atoms with Gasteiger partial charge in [-0.05, 0) is 13.8 Å². The fourth-order valence-corrected chi connectivity index (χ4v) is 1.69. The lowest BCUT2D eigenvalue weighted by atomic mass is 10.3. The third kappa shape index (κ3) is 2.97. The fourth-order valence-electron chi connectivity index (χ4n) is 1.69. The molecule has 6 nitrogen and oxygen atoms in total. The van der Waals surface area contributed by atoms with Gasteiger partial charge < -0.3 is 5.32 Å². The summed E-state index contributed by atoms with van der Waals surface area (Å²) in [5.41, 5.74) is 1.58. The van der Waals surface area contributed by atoms with Crippen LogP contribution in [0.4, 0.5) is 5.69 Å². The number of nitrogens with one attached hydrogen (secondary N) is 1. The molecule has 96 valence electrons. The van der Waals surface area contributed by atoms with Gasteiger partial charge in [-0.1, -0.05) is 0 Å². The van der Waals surface area contributed by atoms with Crippen LogP contribution in [0, 0.1) is 0 Å². The predicted octanol–water partition coefficient (Wildman–Crippen LogP) is 0.845. The Morgan fingerprint density at radius 3 is 2.67 bits per heavy atom. The van der Waals surface area contributed by atoms with Crippen molar-refractivity contribution in [2.45, 2.75) is 26.4 Å². The van der Waals surface area contributed by atoms with Crippen LogP contribution < -0.4 is 10.9 Å². The van der Waals surface area contributed by atoms with E-state index in [0.717, 1.165) is 11.3 Å². The Morgan fingerprint density at radius 1 is 1.33 bits per heavy atom. The minimum Gasteiger partial charge on any atom is -0.381 e. The quantitative estimate of drug-likeness (QED) is 0.869. The molecule has 0 aliphatic heterocycles. The summed E-state index contributed by atoms with van der Waals surface area (Å²) in [7, 11) is 1.84. The van der Waals surface area contributed by atoms with E-state index in [2.05, 4.69) is 15.5 Å². The smallest absolute Gasteiger partial charge is 0.269 e. The van der Waals surface area contributed by atoms with E-state index >= 15 is 0 Å². The normalized spacial score (nSPS) is 10.9.